The lowest BCUT2D eigenvalue weighted by molar-refractivity contribution is -0.146. The van der Waals surface area contributed by atoms with Crippen molar-refractivity contribution in [3.63, 3.8) is 0 Å². The number of hydrogen-bond acceptors (Lipinski definition) is 8. The Balaban J connectivity index is 3.33. The maximum Gasteiger partial charge on any atom is 0.308 e. The van der Waals surface area contributed by atoms with Crippen molar-refractivity contribution in [2.24, 2.45) is 0 Å². The first-order valence-electron chi connectivity index (χ1n) is 9.55. The number of unbranched alkanes of at least 4 members (excludes halogenated alkanes) is 4. The largest absolute Gasteiger partial charge is 0.469 e. The van der Waals surface area contributed by atoms with Gasteiger partial charge in [-0.1, -0.05) is 0 Å². The monoisotopic (exact) mass is 390 g/mol. The van der Waals surface area contributed by atoms with Crippen LogP contribution >= 0.6 is 0 Å². The number of carbonyl (C=O) groups is 3. The molecule has 0 amide bonds. The summed E-state index contributed by atoms with van der Waals surface area (Å²) in [6.45, 7) is 2.03. The first-order chi connectivity index (χ1) is 13.1. The van der Waals surface area contributed by atoms with Gasteiger partial charge in [0.05, 0.1) is 46.6 Å². The lowest BCUT2D eigenvalue weighted by atomic mass is 10.2. The first-order valence-corrected chi connectivity index (χ1v) is 9.55. The van der Waals surface area contributed by atoms with E-state index in [0.717, 1.165) is 32.1 Å². The Morgan fingerprint density at radius 2 is 1.11 bits per heavy atom. The summed E-state index contributed by atoms with van der Waals surface area (Å²) < 4.78 is 24.8. The van der Waals surface area contributed by atoms with E-state index in [1.807, 2.05) is 0 Å². The molecule has 0 saturated heterocycles. The quantitative estimate of drug-likeness (QED) is 0.200. The third-order valence-corrected chi connectivity index (χ3v) is 3.69. The lowest BCUT2D eigenvalue weighted by Crippen LogP contribution is -2.11. The summed E-state index contributed by atoms with van der Waals surface area (Å²) in [5.41, 5.74) is 0. The summed E-state index contributed by atoms with van der Waals surface area (Å²) in [5.74, 6) is -0.708. The van der Waals surface area contributed by atoms with E-state index in [9.17, 15) is 14.4 Å². The zero-order chi connectivity index (χ0) is 20.2. The Labute approximate surface area is 161 Å². The van der Waals surface area contributed by atoms with Crippen LogP contribution in [0.25, 0.3) is 0 Å². The van der Waals surface area contributed by atoms with Crippen molar-refractivity contribution in [2.75, 3.05) is 47.3 Å². The van der Waals surface area contributed by atoms with Gasteiger partial charge in [0.25, 0.3) is 0 Å². The smallest absolute Gasteiger partial charge is 0.308 e. The van der Waals surface area contributed by atoms with Crippen LogP contribution in [0.3, 0.4) is 0 Å². The Kier molecular flexibility index (Phi) is 17.9. The average molecular weight is 390 g/mol. The molecule has 0 aromatic rings. The summed E-state index contributed by atoms with van der Waals surface area (Å²) >= 11 is 0. The van der Waals surface area contributed by atoms with Gasteiger partial charge in [-0.25, -0.2) is 0 Å². The van der Waals surface area contributed by atoms with E-state index in [1.54, 1.807) is 7.11 Å². The Morgan fingerprint density at radius 1 is 0.556 bits per heavy atom. The average Bonchev–Trinajstić information content (AvgIpc) is 2.66. The van der Waals surface area contributed by atoms with E-state index >= 15 is 0 Å². The van der Waals surface area contributed by atoms with Crippen molar-refractivity contribution in [1.82, 2.24) is 0 Å². The second-order valence-electron chi connectivity index (χ2n) is 5.99. The van der Waals surface area contributed by atoms with E-state index in [1.165, 1.54) is 7.11 Å². The molecule has 0 aliphatic heterocycles. The van der Waals surface area contributed by atoms with Crippen molar-refractivity contribution in [2.45, 2.75) is 57.8 Å². The first kappa shape index (κ1) is 25.3. The highest BCUT2D eigenvalue weighted by Crippen LogP contribution is 2.05. The van der Waals surface area contributed by atoms with Crippen molar-refractivity contribution in [3.8, 4) is 0 Å². The highest BCUT2D eigenvalue weighted by atomic mass is 16.5. The molecule has 0 fully saturated rings. The topological polar surface area (TPSA) is 97.4 Å². The Hall–Kier alpha value is -1.67. The van der Waals surface area contributed by atoms with Crippen LogP contribution in [0.5, 0.6) is 0 Å². The SMILES string of the molecule is COCCOCCC(=O)OCCCCCC(=O)OCCCCCC(=O)OC. The highest BCUT2D eigenvalue weighted by molar-refractivity contribution is 5.70. The van der Waals surface area contributed by atoms with Gasteiger partial charge in [0, 0.05) is 20.0 Å². The molecule has 8 nitrogen and oxygen atoms in total. The maximum absolute atomic E-state index is 11.6. The molecule has 0 spiro atoms. The molecule has 0 radical (unpaired) electrons. The van der Waals surface area contributed by atoms with Gasteiger partial charge in [0.2, 0.25) is 0 Å². The molecule has 0 rings (SSSR count). The van der Waals surface area contributed by atoms with Gasteiger partial charge in [-0.05, 0) is 38.5 Å². The van der Waals surface area contributed by atoms with Crippen LogP contribution in [0, 0.1) is 0 Å². The van der Waals surface area contributed by atoms with Crippen LogP contribution in [-0.2, 0) is 38.1 Å². The minimum absolute atomic E-state index is 0.215. The van der Waals surface area contributed by atoms with Gasteiger partial charge in [0.15, 0.2) is 0 Å². The van der Waals surface area contributed by atoms with Gasteiger partial charge in [-0.3, -0.25) is 14.4 Å². The van der Waals surface area contributed by atoms with E-state index in [0.29, 0.717) is 52.3 Å². The predicted molar refractivity (Wildman–Crippen MR) is 98.2 cm³/mol. The second kappa shape index (κ2) is 19.1. The minimum atomic E-state index is -0.279. The summed E-state index contributed by atoms with van der Waals surface area (Å²) in [4.78, 5) is 33.9. The fourth-order valence-corrected chi connectivity index (χ4v) is 2.11. The molecule has 0 aromatic heterocycles. The van der Waals surface area contributed by atoms with Crippen LogP contribution in [0.4, 0.5) is 0 Å². The molecule has 0 saturated carbocycles. The van der Waals surface area contributed by atoms with E-state index in [4.69, 9.17) is 18.9 Å². The van der Waals surface area contributed by atoms with Crippen LogP contribution in [-0.4, -0.2) is 65.2 Å². The van der Waals surface area contributed by atoms with Crippen LogP contribution < -0.4 is 0 Å². The molecule has 0 aliphatic rings. The minimum Gasteiger partial charge on any atom is -0.469 e. The van der Waals surface area contributed by atoms with Crippen molar-refractivity contribution >= 4 is 17.9 Å². The van der Waals surface area contributed by atoms with Gasteiger partial charge < -0.3 is 23.7 Å². The molecule has 0 atom stereocenters. The third kappa shape index (κ3) is 18.9. The Bertz CT molecular complexity index is 397. The molecule has 0 N–H and O–H groups in total. The van der Waals surface area contributed by atoms with E-state index < -0.39 is 0 Å². The Morgan fingerprint density at radius 3 is 1.67 bits per heavy atom. The molecule has 0 bridgehead atoms. The van der Waals surface area contributed by atoms with Crippen molar-refractivity contribution in [3.05, 3.63) is 0 Å². The fourth-order valence-electron chi connectivity index (χ4n) is 2.11. The predicted octanol–water partition coefficient (Wildman–Crippen LogP) is 2.42. The maximum atomic E-state index is 11.6. The molecule has 0 aromatic carbocycles. The number of ether oxygens (including phenoxy) is 5. The number of methoxy groups -OCH3 is 2. The van der Waals surface area contributed by atoms with Crippen molar-refractivity contribution in [1.29, 1.82) is 0 Å². The van der Waals surface area contributed by atoms with Crippen LogP contribution in [0.1, 0.15) is 57.8 Å². The number of esters is 3. The van der Waals surface area contributed by atoms with Crippen LogP contribution in [0.2, 0.25) is 0 Å². The summed E-state index contributed by atoms with van der Waals surface area (Å²) in [6, 6.07) is 0. The molecule has 0 aliphatic carbocycles. The molecule has 158 valence electrons. The molecule has 0 heterocycles. The standard InChI is InChI=1S/C19H34O8/c1-23-15-16-25-14-11-19(22)27-13-8-4-6-10-18(21)26-12-7-3-5-9-17(20)24-2/h3-16H2,1-2H3. The molecular formula is C19H34O8. The highest BCUT2D eigenvalue weighted by Gasteiger charge is 2.05. The molecule has 8 heteroatoms. The molecular weight excluding hydrogens is 356 g/mol. The molecule has 0 unspecified atom stereocenters. The third-order valence-electron chi connectivity index (χ3n) is 3.69. The fraction of sp³-hybridized carbons (Fsp3) is 0.842. The van der Waals surface area contributed by atoms with Crippen molar-refractivity contribution < 1.29 is 38.1 Å². The normalized spacial score (nSPS) is 10.4. The van der Waals surface area contributed by atoms with E-state index in [2.05, 4.69) is 4.74 Å². The van der Waals surface area contributed by atoms with Gasteiger partial charge in [0.1, 0.15) is 0 Å². The zero-order valence-corrected chi connectivity index (χ0v) is 16.7. The summed E-state index contributed by atoms with van der Waals surface area (Å²) in [6.07, 6.45) is 5.53. The van der Waals surface area contributed by atoms with Gasteiger partial charge in [-0.15, -0.1) is 0 Å². The zero-order valence-electron chi connectivity index (χ0n) is 16.7. The van der Waals surface area contributed by atoms with Crippen LogP contribution in [0.15, 0.2) is 0 Å². The van der Waals surface area contributed by atoms with E-state index in [-0.39, 0.29) is 24.3 Å². The number of carbonyl (C=O) groups excluding carboxylic acids is 3. The number of hydrogen-bond donors (Lipinski definition) is 0. The van der Waals surface area contributed by atoms with Gasteiger partial charge in [-0.2, -0.15) is 0 Å². The van der Waals surface area contributed by atoms with Gasteiger partial charge >= 0.3 is 17.9 Å². The molecule has 27 heavy (non-hydrogen) atoms. The lowest BCUT2D eigenvalue weighted by Gasteiger charge is -2.06. The summed E-state index contributed by atoms with van der Waals surface area (Å²) in [5, 5.41) is 0. The number of rotatable bonds is 18. The summed E-state index contributed by atoms with van der Waals surface area (Å²) in [7, 11) is 2.96. The second-order valence-corrected chi connectivity index (χ2v) is 5.99.